The number of hydrogen-bond donors (Lipinski definition) is 0. The monoisotopic (exact) mass is 283 g/mol. The third-order valence-electron chi connectivity index (χ3n) is 1.48. The molecule has 0 amide bonds. The van der Waals surface area contributed by atoms with Crippen molar-refractivity contribution in [1.82, 2.24) is 0 Å². The van der Waals surface area contributed by atoms with E-state index in [2.05, 4.69) is 0 Å². The molecule has 0 aromatic rings. The van der Waals surface area contributed by atoms with Gasteiger partial charge in [0.15, 0.2) is 17.1 Å². The predicted molar refractivity (Wildman–Crippen MR) is 69.5 cm³/mol. The highest BCUT2D eigenvalue weighted by Crippen LogP contribution is 2.39. The molecule has 92 valence electrons. The molecule has 0 spiro atoms. The van der Waals surface area contributed by atoms with E-state index < -0.39 is 11.1 Å². The molecule has 0 radical (unpaired) electrons. The molecule has 0 aliphatic rings. The average Bonchev–Trinajstić information content (AvgIpc) is 2.16. The van der Waals surface area contributed by atoms with Gasteiger partial charge in [-0.15, -0.1) is 0 Å². The second-order valence-corrected chi connectivity index (χ2v) is 9.07. The smallest absolute Gasteiger partial charge is 0.323 e. The van der Waals surface area contributed by atoms with Gasteiger partial charge in [-0.2, -0.15) is 0 Å². The van der Waals surface area contributed by atoms with Gasteiger partial charge in [-0.05, 0) is 13.8 Å². The third kappa shape index (κ3) is 7.14. The maximum absolute atomic E-state index is 11.5. The summed E-state index contributed by atoms with van der Waals surface area (Å²) < 4.78 is 9.68. The van der Waals surface area contributed by atoms with E-state index in [1.54, 1.807) is 13.8 Å². The molecule has 0 aliphatic heterocycles. The van der Waals surface area contributed by atoms with Crippen LogP contribution in [0.1, 0.15) is 20.3 Å². The maximum atomic E-state index is 11.5. The zero-order chi connectivity index (χ0) is 12.6. The Labute approximate surface area is 106 Å². The minimum atomic E-state index is -0.731. The molecular formula is C9H16O4PS2+. The van der Waals surface area contributed by atoms with Crippen LogP contribution in [0.25, 0.3) is 0 Å². The van der Waals surface area contributed by atoms with Gasteiger partial charge in [-0.25, -0.2) is 0 Å². The number of carbonyl (C=O) groups is 2. The molecule has 16 heavy (non-hydrogen) atoms. The zero-order valence-electron chi connectivity index (χ0n) is 9.60. The largest absolute Gasteiger partial charge is 0.466 e. The first-order valence-corrected chi connectivity index (χ1v) is 9.19. The molecule has 7 heteroatoms. The van der Waals surface area contributed by atoms with Crippen LogP contribution in [0.3, 0.4) is 0 Å². The fourth-order valence-corrected chi connectivity index (χ4v) is 4.16. The van der Waals surface area contributed by atoms with Crippen molar-refractivity contribution in [3.8, 4) is 0 Å². The highest BCUT2D eigenvalue weighted by Gasteiger charge is 2.30. The highest BCUT2D eigenvalue weighted by atomic mass is 32.9. The van der Waals surface area contributed by atoms with E-state index in [1.165, 1.54) is 11.4 Å². The predicted octanol–water partition coefficient (Wildman–Crippen LogP) is 2.09. The highest BCUT2D eigenvalue weighted by molar-refractivity contribution is 8.64. The Morgan fingerprint density at radius 2 is 1.88 bits per heavy atom. The number of hydrogen-bond acceptors (Lipinski definition) is 6. The summed E-state index contributed by atoms with van der Waals surface area (Å²) in [5, 5.41) is -0.535. The summed E-state index contributed by atoms with van der Waals surface area (Å²) >= 11 is 6.35. The molecule has 0 aromatic carbocycles. The lowest BCUT2D eigenvalue weighted by Crippen LogP contribution is -2.23. The van der Waals surface area contributed by atoms with E-state index in [9.17, 15) is 9.59 Å². The Kier molecular flexibility index (Phi) is 8.80. The Morgan fingerprint density at radius 1 is 1.31 bits per heavy atom. The van der Waals surface area contributed by atoms with Crippen LogP contribution in [0.5, 0.6) is 0 Å². The number of carbonyl (C=O) groups excluding carboxylic acids is 2. The van der Waals surface area contributed by atoms with Crippen molar-refractivity contribution in [2.45, 2.75) is 25.5 Å². The van der Waals surface area contributed by atoms with Crippen LogP contribution >= 0.6 is 17.3 Å². The molecule has 0 saturated heterocycles. The molecule has 0 fully saturated rings. The van der Waals surface area contributed by atoms with E-state index in [1.807, 2.05) is 6.66 Å². The van der Waals surface area contributed by atoms with Crippen LogP contribution < -0.4 is 0 Å². The van der Waals surface area contributed by atoms with Gasteiger partial charge in [-0.3, -0.25) is 9.59 Å². The molecule has 0 rings (SSSR count). The summed E-state index contributed by atoms with van der Waals surface area (Å²) in [5.41, 5.74) is 0. The lowest BCUT2D eigenvalue weighted by molar-refractivity contribution is -0.149. The summed E-state index contributed by atoms with van der Waals surface area (Å²) in [5.74, 6) is -1.51. The Balaban J connectivity index is 4.36. The first kappa shape index (κ1) is 15.8. The van der Waals surface area contributed by atoms with Crippen molar-refractivity contribution < 1.29 is 19.1 Å². The van der Waals surface area contributed by atoms with E-state index >= 15 is 0 Å². The van der Waals surface area contributed by atoms with Crippen molar-refractivity contribution in [2.75, 3.05) is 19.9 Å². The number of ether oxygens (including phenoxy) is 2. The van der Waals surface area contributed by atoms with E-state index in [0.29, 0.717) is 13.2 Å². The summed E-state index contributed by atoms with van der Waals surface area (Å²) in [4.78, 5) is 22.8. The molecule has 2 unspecified atom stereocenters. The zero-order valence-corrected chi connectivity index (χ0v) is 12.1. The first-order valence-electron chi connectivity index (χ1n) is 4.91. The van der Waals surface area contributed by atoms with Crippen LogP contribution in [0, 0.1) is 0 Å². The molecule has 0 N–H and O–H groups in total. The number of rotatable bonds is 7. The van der Waals surface area contributed by atoms with Crippen LogP contribution in [0.15, 0.2) is 0 Å². The molecule has 0 bridgehead atoms. The van der Waals surface area contributed by atoms with Gasteiger partial charge >= 0.3 is 11.9 Å². The first-order chi connectivity index (χ1) is 7.51. The normalized spacial score (nSPS) is 12.8. The number of esters is 2. The van der Waals surface area contributed by atoms with Crippen LogP contribution in [-0.4, -0.2) is 37.1 Å². The molecule has 4 nitrogen and oxygen atoms in total. The van der Waals surface area contributed by atoms with Gasteiger partial charge in [0.1, 0.15) is 18.0 Å². The van der Waals surface area contributed by atoms with Gasteiger partial charge in [-0.1, -0.05) is 0 Å². The molecule has 0 aliphatic carbocycles. The van der Waals surface area contributed by atoms with Gasteiger partial charge in [0.05, 0.1) is 19.6 Å². The second-order valence-electron chi connectivity index (χ2n) is 2.79. The SMILES string of the molecule is CCOC(=O)CC(S[P+](C)=S)C(=O)OCC. The second kappa shape index (κ2) is 8.90. The van der Waals surface area contributed by atoms with Crippen molar-refractivity contribution in [3.63, 3.8) is 0 Å². The lowest BCUT2D eigenvalue weighted by Gasteiger charge is -2.09. The maximum Gasteiger partial charge on any atom is 0.323 e. The van der Waals surface area contributed by atoms with Crippen molar-refractivity contribution in [1.29, 1.82) is 0 Å². The molecule has 0 aromatic heterocycles. The lowest BCUT2D eigenvalue weighted by atomic mass is 10.3. The van der Waals surface area contributed by atoms with Crippen molar-refractivity contribution in [2.24, 2.45) is 0 Å². The molecule has 0 heterocycles. The summed E-state index contributed by atoms with van der Waals surface area (Å²) in [6, 6.07) is 0. The molecule has 0 saturated carbocycles. The fourth-order valence-electron chi connectivity index (χ4n) is 0.949. The van der Waals surface area contributed by atoms with Crippen LogP contribution in [-0.2, 0) is 30.9 Å². The fraction of sp³-hybridized carbons (Fsp3) is 0.778. The van der Waals surface area contributed by atoms with Gasteiger partial charge in [0, 0.05) is 0 Å². The minimum Gasteiger partial charge on any atom is -0.466 e. The van der Waals surface area contributed by atoms with Gasteiger partial charge in [0.25, 0.3) is 0 Å². The Bertz CT molecular complexity index is 270. The van der Waals surface area contributed by atoms with Crippen LogP contribution in [0.4, 0.5) is 0 Å². The standard InChI is InChI=1S/C9H16O4PS2/c1-4-12-8(10)6-7(16-14(3)15)9(11)13-5-2/h7H,4-6H2,1-3H3/q+1. The summed E-state index contributed by atoms with van der Waals surface area (Å²) in [6.45, 7) is 5.93. The van der Waals surface area contributed by atoms with Gasteiger partial charge in [0.2, 0.25) is 5.90 Å². The van der Waals surface area contributed by atoms with E-state index in [-0.39, 0.29) is 18.4 Å². The molecule has 2 atom stereocenters. The molecular weight excluding hydrogens is 267 g/mol. The average molecular weight is 283 g/mol. The van der Waals surface area contributed by atoms with Crippen molar-refractivity contribution >= 4 is 41.0 Å². The summed E-state index contributed by atoms with van der Waals surface area (Å²) in [7, 11) is 0. The summed E-state index contributed by atoms with van der Waals surface area (Å²) in [6.07, 6.45) is 0.0284. The topological polar surface area (TPSA) is 52.6 Å². The quantitative estimate of drug-likeness (QED) is 0.527. The van der Waals surface area contributed by atoms with E-state index in [4.69, 9.17) is 21.3 Å². The minimum absolute atomic E-state index is 0.0284. The van der Waals surface area contributed by atoms with Crippen molar-refractivity contribution in [3.05, 3.63) is 0 Å². The van der Waals surface area contributed by atoms with Gasteiger partial charge < -0.3 is 9.47 Å². The third-order valence-corrected chi connectivity index (χ3v) is 4.82. The van der Waals surface area contributed by atoms with Crippen LogP contribution in [0.2, 0.25) is 0 Å². The van der Waals surface area contributed by atoms with E-state index in [0.717, 1.165) is 0 Å². The Morgan fingerprint density at radius 3 is 2.31 bits per heavy atom. The Hall–Kier alpha value is -0.190.